The average molecular weight is 273 g/mol. The van der Waals surface area contributed by atoms with E-state index in [4.69, 9.17) is 17.5 Å². The molecule has 0 atom stereocenters. The third-order valence-corrected chi connectivity index (χ3v) is 0. The Morgan fingerprint density at radius 3 is 1.00 bits per heavy atom. The molecule has 0 radical (unpaired) electrons. The van der Waals surface area contributed by atoms with Gasteiger partial charge in [0.1, 0.15) is 0 Å². The first-order valence-electron chi connectivity index (χ1n) is 0.698. The van der Waals surface area contributed by atoms with Crippen LogP contribution in [0.3, 0.4) is 0 Å². The molecule has 48 valence electrons. The van der Waals surface area contributed by atoms with Gasteiger partial charge in [-0.3, -0.25) is 9.11 Å². The zero-order chi connectivity index (χ0) is 4.50. The summed E-state index contributed by atoms with van der Waals surface area (Å²) in [7, 11) is -4.67. The molecule has 4 nitrogen and oxygen atoms in total. The molecule has 0 aliphatic rings. The molecule has 8 heavy (non-hydrogen) atoms. The maximum absolute atomic E-state index is 8.74. The summed E-state index contributed by atoms with van der Waals surface area (Å²) in [6.07, 6.45) is 0. The van der Waals surface area contributed by atoms with Crippen LogP contribution in [-0.2, 0) is 10.4 Å². The summed E-state index contributed by atoms with van der Waals surface area (Å²) < 4.78 is 31.6. The first-order valence-corrected chi connectivity index (χ1v) is 2.10. The molecule has 0 saturated carbocycles. The van der Waals surface area contributed by atoms with Crippen LogP contribution in [-0.4, -0.2) is 66.4 Å². The van der Waals surface area contributed by atoms with Crippen molar-refractivity contribution in [3.8, 4) is 0 Å². The van der Waals surface area contributed by atoms with E-state index < -0.39 is 10.4 Å². The zero-order valence-electron chi connectivity index (χ0n) is 3.58. The number of hydrogen-bond donors (Lipinski definition) is 2. The summed E-state index contributed by atoms with van der Waals surface area (Å²) in [5.74, 6) is 0. The maximum atomic E-state index is 8.74. The van der Waals surface area contributed by atoms with Crippen molar-refractivity contribution in [1.82, 2.24) is 0 Å². The standard InChI is InChI=1S/Ba.2FH.H2O4S/c;;;1-5(2,3)4/h;2*1H;(H2,1,2,3,4)/q+2;;;/p-2. The van der Waals surface area contributed by atoms with Crippen LogP contribution in [0.1, 0.15) is 0 Å². The van der Waals surface area contributed by atoms with Gasteiger partial charge in [0.15, 0.2) is 0 Å². The summed E-state index contributed by atoms with van der Waals surface area (Å²) >= 11 is 0. The van der Waals surface area contributed by atoms with Crippen LogP contribution in [0, 0.1) is 0 Å². The van der Waals surface area contributed by atoms with E-state index in [1.807, 2.05) is 0 Å². The van der Waals surface area contributed by atoms with Crippen LogP contribution < -0.4 is 9.41 Å². The Morgan fingerprint density at radius 1 is 1.00 bits per heavy atom. The molecule has 0 aliphatic heterocycles. The molecule has 0 unspecified atom stereocenters. The van der Waals surface area contributed by atoms with Gasteiger partial charge in [-0.1, -0.05) is 0 Å². The number of hydrogen-bond acceptors (Lipinski definition) is 2. The normalized spacial score (nSPS) is 7.25. The van der Waals surface area contributed by atoms with Crippen molar-refractivity contribution in [2.75, 3.05) is 0 Å². The molecule has 0 rings (SSSR count). The molecule has 0 saturated heterocycles. The fourth-order valence-corrected chi connectivity index (χ4v) is 0. The quantitative estimate of drug-likeness (QED) is 0.340. The van der Waals surface area contributed by atoms with Crippen LogP contribution in [0.2, 0.25) is 0 Å². The predicted molar refractivity (Wildman–Crippen MR) is 19.9 cm³/mol. The van der Waals surface area contributed by atoms with Crippen LogP contribution in [0.15, 0.2) is 0 Å². The Hall–Kier alpha value is 1.30. The smallest absolute Gasteiger partial charge is 1.00 e. The van der Waals surface area contributed by atoms with Gasteiger partial charge in [0.25, 0.3) is 0 Å². The van der Waals surface area contributed by atoms with E-state index in [2.05, 4.69) is 0 Å². The molecule has 0 heterocycles. The molecule has 0 fully saturated rings. The topological polar surface area (TPSA) is 74.6 Å². The van der Waals surface area contributed by atoms with Crippen molar-refractivity contribution in [1.29, 1.82) is 0 Å². The molecular weight excluding hydrogens is 271 g/mol. The fourth-order valence-electron chi connectivity index (χ4n) is 0. The Labute approximate surface area is 85.0 Å². The van der Waals surface area contributed by atoms with Crippen LogP contribution in [0.4, 0.5) is 0 Å². The minimum atomic E-state index is -4.67. The Kier molecular flexibility index (Phi) is 23.7. The summed E-state index contributed by atoms with van der Waals surface area (Å²) in [6.45, 7) is 0. The molecule has 0 bridgehead atoms. The van der Waals surface area contributed by atoms with Crippen LogP contribution in [0.5, 0.6) is 0 Å². The summed E-state index contributed by atoms with van der Waals surface area (Å²) in [5.41, 5.74) is 0. The van der Waals surface area contributed by atoms with Gasteiger partial charge in [-0.25, -0.2) is 0 Å². The molecule has 0 aromatic carbocycles. The van der Waals surface area contributed by atoms with E-state index in [1.165, 1.54) is 0 Å². The molecule has 0 amide bonds. The van der Waals surface area contributed by atoms with Gasteiger partial charge in [-0.05, 0) is 0 Å². The molecule has 0 aromatic heterocycles. The second-order valence-corrected chi connectivity index (χ2v) is 1.34. The average Bonchev–Trinajstić information content (AvgIpc) is 0.722. The van der Waals surface area contributed by atoms with Gasteiger partial charge >= 0.3 is 59.3 Å². The van der Waals surface area contributed by atoms with E-state index >= 15 is 0 Å². The van der Waals surface area contributed by atoms with E-state index in [1.54, 1.807) is 0 Å². The molecule has 8 heteroatoms. The van der Waals surface area contributed by atoms with Crippen molar-refractivity contribution in [3.05, 3.63) is 0 Å². The van der Waals surface area contributed by atoms with Crippen molar-refractivity contribution in [2.45, 2.75) is 0 Å². The molecule has 0 spiro atoms. The van der Waals surface area contributed by atoms with Crippen LogP contribution >= 0.6 is 0 Å². The van der Waals surface area contributed by atoms with Gasteiger partial charge in [0.2, 0.25) is 0 Å². The van der Waals surface area contributed by atoms with E-state index in [-0.39, 0.29) is 58.3 Å². The summed E-state index contributed by atoms with van der Waals surface area (Å²) in [4.78, 5) is 0. The third-order valence-electron chi connectivity index (χ3n) is 0. The SMILES string of the molecule is O=S(=O)(O)O.[Ba+2].[F-].[F-]. The minimum absolute atomic E-state index is 0. The van der Waals surface area contributed by atoms with Crippen molar-refractivity contribution in [2.24, 2.45) is 0 Å². The summed E-state index contributed by atoms with van der Waals surface area (Å²) in [5, 5.41) is 0. The summed E-state index contributed by atoms with van der Waals surface area (Å²) in [6, 6.07) is 0. The third kappa shape index (κ3) is 171. The van der Waals surface area contributed by atoms with Crippen molar-refractivity contribution >= 4 is 59.3 Å². The molecule has 0 aromatic rings. The van der Waals surface area contributed by atoms with Crippen molar-refractivity contribution < 1.29 is 26.9 Å². The van der Waals surface area contributed by atoms with E-state index in [9.17, 15) is 0 Å². The Morgan fingerprint density at radius 2 is 1.00 bits per heavy atom. The Balaban J connectivity index is -0.0000000267. The first kappa shape index (κ1) is 22.8. The minimum Gasteiger partial charge on any atom is -1.00 e. The number of halogens is 2. The molecular formula is H2BaF2O4S. The van der Waals surface area contributed by atoms with Gasteiger partial charge in [-0.2, -0.15) is 8.42 Å². The fraction of sp³-hybridized carbons (Fsp3) is 0. The number of rotatable bonds is 0. The second-order valence-electron chi connectivity index (χ2n) is 0.448. The molecule has 2 N–H and O–H groups in total. The van der Waals surface area contributed by atoms with E-state index in [0.29, 0.717) is 0 Å². The Bertz CT molecular complexity index is 97.2. The van der Waals surface area contributed by atoms with E-state index in [0.717, 1.165) is 0 Å². The molecule has 0 aliphatic carbocycles. The van der Waals surface area contributed by atoms with Gasteiger partial charge in [-0.15, -0.1) is 0 Å². The van der Waals surface area contributed by atoms with Crippen molar-refractivity contribution in [3.63, 3.8) is 0 Å². The monoisotopic (exact) mass is 274 g/mol. The van der Waals surface area contributed by atoms with Crippen LogP contribution in [0.25, 0.3) is 0 Å². The van der Waals surface area contributed by atoms with Gasteiger partial charge in [0, 0.05) is 0 Å². The predicted octanol–water partition coefficient (Wildman–Crippen LogP) is -7.03. The first-order chi connectivity index (χ1) is 2.00. The zero-order valence-corrected chi connectivity index (χ0v) is 8.84. The van der Waals surface area contributed by atoms with Gasteiger partial charge in [0.05, 0.1) is 0 Å². The van der Waals surface area contributed by atoms with Gasteiger partial charge < -0.3 is 9.41 Å². The maximum Gasteiger partial charge on any atom is 2.00 e. The largest absolute Gasteiger partial charge is 2.00 e. The second kappa shape index (κ2) is 8.30.